The molecule has 1 saturated heterocycles. The molecule has 2 unspecified atom stereocenters. The fraction of sp³-hybridized carbons (Fsp3) is 0.500. The van der Waals surface area contributed by atoms with Crippen LogP contribution in [0.4, 0.5) is 0 Å². The van der Waals surface area contributed by atoms with Crippen LogP contribution >= 0.6 is 34.8 Å². The van der Waals surface area contributed by atoms with E-state index in [1.807, 2.05) is 0 Å². The molecule has 0 N–H and O–H groups in total. The summed E-state index contributed by atoms with van der Waals surface area (Å²) in [6.07, 6.45) is 0.183. The molecule has 1 fully saturated rings. The average molecular weight is 418 g/mol. The van der Waals surface area contributed by atoms with Gasteiger partial charge in [-0.15, -0.1) is 0 Å². The van der Waals surface area contributed by atoms with Crippen LogP contribution in [0.2, 0.25) is 15.1 Å². The van der Waals surface area contributed by atoms with Gasteiger partial charge in [0.1, 0.15) is 11.5 Å². The van der Waals surface area contributed by atoms with E-state index in [1.54, 1.807) is 0 Å². The monoisotopic (exact) mass is 416 g/mol. The maximum atomic E-state index is 12.3. The molecule has 2 atom stereocenters. The van der Waals surface area contributed by atoms with Gasteiger partial charge in [-0.25, -0.2) is 4.79 Å². The molecular formula is C14H15Cl3O6S. The zero-order valence-corrected chi connectivity index (χ0v) is 15.7. The lowest BCUT2D eigenvalue weighted by molar-refractivity contribution is -0.154. The number of halogens is 3. The lowest BCUT2D eigenvalue weighted by Crippen LogP contribution is -2.29. The number of rotatable bonds is 6. The van der Waals surface area contributed by atoms with E-state index in [1.165, 1.54) is 13.0 Å². The van der Waals surface area contributed by atoms with Gasteiger partial charge in [0.2, 0.25) is 0 Å². The van der Waals surface area contributed by atoms with Crippen molar-refractivity contribution in [2.75, 3.05) is 13.2 Å². The third-order valence-corrected chi connectivity index (χ3v) is 6.13. The summed E-state index contributed by atoms with van der Waals surface area (Å²) in [6.45, 7) is 1.94. The van der Waals surface area contributed by atoms with Crippen molar-refractivity contribution in [3.8, 4) is 0 Å². The molecular weight excluding hydrogens is 403 g/mol. The first-order valence-electron chi connectivity index (χ1n) is 7.07. The third-order valence-electron chi connectivity index (χ3n) is 3.31. The normalized spacial score (nSPS) is 19.2. The first-order chi connectivity index (χ1) is 11.2. The van der Waals surface area contributed by atoms with E-state index >= 15 is 0 Å². The maximum absolute atomic E-state index is 12.3. The van der Waals surface area contributed by atoms with Crippen molar-refractivity contribution >= 4 is 50.9 Å². The number of hydrogen-bond acceptors (Lipinski definition) is 6. The van der Waals surface area contributed by atoms with Crippen LogP contribution < -0.4 is 0 Å². The van der Waals surface area contributed by atoms with Gasteiger partial charge in [-0.1, -0.05) is 34.8 Å². The molecule has 1 aromatic carbocycles. The molecule has 24 heavy (non-hydrogen) atoms. The van der Waals surface area contributed by atoms with E-state index in [0.717, 1.165) is 18.9 Å². The second kappa shape index (κ2) is 8.21. The van der Waals surface area contributed by atoms with Crippen LogP contribution in [-0.4, -0.2) is 39.8 Å². The molecule has 0 saturated carbocycles. The van der Waals surface area contributed by atoms with Crippen molar-refractivity contribution in [1.82, 2.24) is 0 Å². The zero-order chi connectivity index (χ0) is 17.9. The Kier molecular flexibility index (Phi) is 6.75. The van der Waals surface area contributed by atoms with E-state index in [9.17, 15) is 13.2 Å². The van der Waals surface area contributed by atoms with Gasteiger partial charge in [-0.3, -0.25) is 4.18 Å². The third kappa shape index (κ3) is 4.74. The Bertz CT molecular complexity index is 715. The quantitative estimate of drug-likeness (QED) is 0.401. The summed E-state index contributed by atoms with van der Waals surface area (Å²) >= 11 is 17.5. The first kappa shape index (κ1) is 19.8. The number of ether oxygens (including phenoxy) is 2. The second-order valence-electron chi connectivity index (χ2n) is 5.13. The highest BCUT2D eigenvalue weighted by molar-refractivity contribution is 7.87. The molecule has 0 bridgehead atoms. The number of benzene rings is 1. The molecule has 6 nitrogen and oxygen atoms in total. The molecule has 1 heterocycles. The van der Waals surface area contributed by atoms with Gasteiger partial charge in [0.05, 0.1) is 21.2 Å². The summed E-state index contributed by atoms with van der Waals surface area (Å²) in [5.41, 5.74) is 0. The fourth-order valence-corrected chi connectivity index (χ4v) is 4.04. The molecule has 10 heteroatoms. The Morgan fingerprint density at radius 2 is 2.04 bits per heavy atom. The maximum Gasteiger partial charge on any atom is 0.336 e. The second-order valence-corrected chi connectivity index (χ2v) is 7.83. The molecule has 0 amide bonds. The summed E-state index contributed by atoms with van der Waals surface area (Å²) in [4.78, 5) is 11.5. The Morgan fingerprint density at radius 1 is 1.33 bits per heavy atom. The van der Waals surface area contributed by atoms with Crippen molar-refractivity contribution in [3.63, 3.8) is 0 Å². The highest BCUT2D eigenvalue weighted by Gasteiger charge is 2.29. The molecule has 0 spiro atoms. The van der Waals surface area contributed by atoms with Crippen molar-refractivity contribution in [2.24, 2.45) is 0 Å². The van der Waals surface area contributed by atoms with Gasteiger partial charge >= 0.3 is 5.97 Å². The Balaban J connectivity index is 2.02. The van der Waals surface area contributed by atoms with Crippen LogP contribution in [0, 0.1) is 0 Å². The predicted molar refractivity (Wildman–Crippen MR) is 89.1 cm³/mol. The van der Waals surface area contributed by atoms with Gasteiger partial charge in [0, 0.05) is 6.61 Å². The minimum Gasteiger partial charge on any atom is -0.461 e. The molecule has 0 aliphatic carbocycles. The molecule has 1 aliphatic heterocycles. The molecule has 134 valence electrons. The zero-order valence-electron chi connectivity index (χ0n) is 12.6. The number of esters is 1. The summed E-state index contributed by atoms with van der Waals surface area (Å²) in [6, 6.07) is 2.42. The highest BCUT2D eigenvalue weighted by atomic mass is 35.5. The molecule has 1 aliphatic rings. The minimum absolute atomic E-state index is 0.0557. The van der Waals surface area contributed by atoms with Crippen molar-refractivity contribution in [2.45, 2.75) is 36.9 Å². The molecule has 2 rings (SSSR count). The predicted octanol–water partition coefficient (Wildman–Crippen LogP) is 3.46. The van der Waals surface area contributed by atoms with E-state index in [0.29, 0.717) is 6.61 Å². The van der Waals surface area contributed by atoms with Crippen molar-refractivity contribution in [3.05, 3.63) is 27.2 Å². The van der Waals surface area contributed by atoms with E-state index in [-0.39, 0.29) is 32.7 Å². The van der Waals surface area contributed by atoms with Crippen LogP contribution in [-0.2, 0) is 28.6 Å². The largest absolute Gasteiger partial charge is 0.461 e. The molecule has 0 aromatic heterocycles. The fourth-order valence-electron chi connectivity index (χ4n) is 2.05. The lowest BCUT2D eigenvalue weighted by atomic mass is 10.2. The van der Waals surface area contributed by atoms with E-state index in [4.69, 9.17) is 48.5 Å². The van der Waals surface area contributed by atoms with Crippen LogP contribution in [0.5, 0.6) is 0 Å². The van der Waals surface area contributed by atoms with E-state index < -0.39 is 22.2 Å². The Morgan fingerprint density at radius 3 is 2.67 bits per heavy atom. The smallest absolute Gasteiger partial charge is 0.336 e. The topological polar surface area (TPSA) is 78.9 Å². The minimum atomic E-state index is -4.32. The van der Waals surface area contributed by atoms with Crippen molar-refractivity contribution < 1.29 is 26.9 Å². The van der Waals surface area contributed by atoms with Gasteiger partial charge in [-0.2, -0.15) is 8.42 Å². The summed E-state index contributed by atoms with van der Waals surface area (Å²) in [5, 5.41) is -0.287. The molecule has 1 aromatic rings. The van der Waals surface area contributed by atoms with Gasteiger partial charge in [0.15, 0.2) is 6.10 Å². The average Bonchev–Trinajstić information content (AvgIpc) is 3.02. The van der Waals surface area contributed by atoms with E-state index in [2.05, 4.69) is 0 Å². The van der Waals surface area contributed by atoms with Gasteiger partial charge < -0.3 is 9.47 Å². The Hall–Kier alpha value is -0.570. The Labute approximate surface area is 155 Å². The standard InChI is InChI=1S/C14H15Cl3O6S/c1-8(14(18)22-7-9-3-2-6-21-9)23-24(19,20)11-5-4-10(15)12(16)13(11)17/h4-5,8-9H,2-3,6-7H2,1H3. The van der Waals surface area contributed by atoms with Crippen LogP contribution in [0.1, 0.15) is 19.8 Å². The number of carbonyl (C=O) groups excluding carboxylic acids is 1. The van der Waals surface area contributed by atoms with Crippen LogP contribution in [0.25, 0.3) is 0 Å². The summed E-state index contributed by atoms with van der Waals surface area (Å²) in [7, 11) is -4.32. The number of hydrogen-bond donors (Lipinski definition) is 0. The van der Waals surface area contributed by atoms with Crippen LogP contribution in [0.3, 0.4) is 0 Å². The summed E-state index contributed by atoms with van der Waals surface area (Å²) in [5.74, 6) is -0.815. The summed E-state index contributed by atoms with van der Waals surface area (Å²) < 4.78 is 39.7. The highest BCUT2D eigenvalue weighted by Crippen LogP contribution is 2.35. The van der Waals surface area contributed by atoms with Crippen LogP contribution in [0.15, 0.2) is 17.0 Å². The number of carbonyl (C=O) groups is 1. The SMILES string of the molecule is CC(OS(=O)(=O)c1ccc(Cl)c(Cl)c1Cl)C(=O)OCC1CCCO1. The van der Waals surface area contributed by atoms with Gasteiger partial charge in [0.25, 0.3) is 10.1 Å². The first-order valence-corrected chi connectivity index (χ1v) is 9.61. The lowest BCUT2D eigenvalue weighted by Gasteiger charge is -2.15. The van der Waals surface area contributed by atoms with Gasteiger partial charge in [-0.05, 0) is 31.9 Å². The van der Waals surface area contributed by atoms with Crippen molar-refractivity contribution in [1.29, 1.82) is 0 Å². The molecule has 0 radical (unpaired) electrons.